The molecule has 0 amide bonds. The van der Waals surface area contributed by atoms with Crippen molar-refractivity contribution in [2.75, 3.05) is 12.8 Å². The first-order chi connectivity index (χ1) is 6.58. The van der Waals surface area contributed by atoms with Crippen LogP contribution in [-0.2, 0) is 13.6 Å². The van der Waals surface area contributed by atoms with Gasteiger partial charge in [0.1, 0.15) is 6.23 Å². The van der Waals surface area contributed by atoms with Crippen LogP contribution in [0.4, 0.5) is 0 Å². The van der Waals surface area contributed by atoms with Gasteiger partial charge in [0.05, 0.1) is 12.8 Å². The Balaban J connectivity index is 4.36. The predicted octanol–water partition coefficient (Wildman–Crippen LogP) is 2.06. The smallest absolute Gasteiger partial charge is 0.304 e. The molecule has 4 nitrogen and oxygen atoms in total. The van der Waals surface area contributed by atoms with Crippen LogP contribution < -0.4 is 5.73 Å². The zero-order valence-electron chi connectivity index (χ0n) is 8.09. The third-order valence-electron chi connectivity index (χ3n) is 1.26. The lowest BCUT2D eigenvalue weighted by Crippen LogP contribution is -2.20. The number of nitrogens with two attached hydrogens (primary N) is 1. The molecule has 5 heteroatoms. The number of hydrogen-bond donors (Lipinski definition) is 1. The molecule has 0 rings (SSSR count). The van der Waals surface area contributed by atoms with Crippen molar-refractivity contribution < 1.29 is 13.6 Å². The normalized spacial score (nSPS) is 16.6. The fourth-order valence-corrected chi connectivity index (χ4v) is 2.04. The van der Waals surface area contributed by atoms with Crippen LogP contribution in [0.25, 0.3) is 0 Å². The molecule has 0 radical (unpaired) electrons. The molecule has 0 fully saturated rings. The first kappa shape index (κ1) is 13.3. The van der Waals surface area contributed by atoms with Crippen LogP contribution in [0.1, 0.15) is 0 Å². The second-order valence-electron chi connectivity index (χ2n) is 2.47. The van der Waals surface area contributed by atoms with Gasteiger partial charge in [0.25, 0.3) is 0 Å². The third-order valence-corrected chi connectivity index (χ3v) is 3.07. The zero-order chi connectivity index (χ0) is 11.0. The van der Waals surface area contributed by atoms with E-state index in [4.69, 9.17) is 14.8 Å². The summed E-state index contributed by atoms with van der Waals surface area (Å²) < 4.78 is 21.9. The second kappa shape index (κ2) is 6.74. The highest BCUT2D eigenvalue weighted by molar-refractivity contribution is 7.54. The summed E-state index contributed by atoms with van der Waals surface area (Å²) in [7, 11) is -3.19. The number of rotatable bonds is 8. The molecule has 0 aliphatic carbocycles. The van der Waals surface area contributed by atoms with Crippen LogP contribution in [0.3, 0.4) is 0 Å². The van der Waals surface area contributed by atoms with Crippen LogP contribution in [-0.4, -0.2) is 19.0 Å². The third kappa shape index (κ3) is 5.14. The molecule has 0 aliphatic heterocycles. The van der Waals surface area contributed by atoms with E-state index in [1.807, 2.05) is 0 Å². The SMILES string of the molecule is C=CCOP(=O)(CC=C)OC(N)C=C. The summed E-state index contributed by atoms with van der Waals surface area (Å²) in [6.07, 6.45) is 3.60. The average molecular weight is 217 g/mol. The van der Waals surface area contributed by atoms with E-state index in [1.165, 1.54) is 18.2 Å². The van der Waals surface area contributed by atoms with Crippen molar-refractivity contribution in [2.45, 2.75) is 6.23 Å². The molecule has 0 bridgehead atoms. The quantitative estimate of drug-likeness (QED) is 0.384. The number of allylic oxidation sites excluding steroid dienone is 1. The summed E-state index contributed by atoms with van der Waals surface area (Å²) >= 11 is 0. The predicted molar refractivity (Wildman–Crippen MR) is 58.1 cm³/mol. The van der Waals surface area contributed by atoms with Gasteiger partial charge in [-0.1, -0.05) is 18.7 Å². The van der Waals surface area contributed by atoms with E-state index < -0.39 is 13.8 Å². The molecule has 2 atom stereocenters. The van der Waals surface area contributed by atoms with Gasteiger partial charge in [-0.15, -0.1) is 13.2 Å². The van der Waals surface area contributed by atoms with E-state index in [9.17, 15) is 4.57 Å². The van der Waals surface area contributed by atoms with Crippen molar-refractivity contribution in [1.82, 2.24) is 0 Å². The Morgan fingerprint density at radius 1 is 1.36 bits per heavy atom. The maximum absolute atomic E-state index is 11.9. The molecule has 80 valence electrons. The highest BCUT2D eigenvalue weighted by atomic mass is 31.2. The van der Waals surface area contributed by atoms with Crippen molar-refractivity contribution in [3.8, 4) is 0 Å². The summed E-state index contributed by atoms with van der Waals surface area (Å²) in [5, 5.41) is 0. The Hall–Kier alpha value is -0.670. The Morgan fingerprint density at radius 3 is 2.43 bits per heavy atom. The lowest BCUT2D eigenvalue weighted by molar-refractivity contribution is 0.189. The lowest BCUT2D eigenvalue weighted by atomic mass is 10.6. The molecule has 0 saturated heterocycles. The van der Waals surface area contributed by atoms with E-state index in [-0.39, 0.29) is 12.8 Å². The first-order valence-electron chi connectivity index (χ1n) is 4.10. The summed E-state index contributed by atoms with van der Waals surface area (Å²) in [5.41, 5.74) is 5.41. The Bertz CT molecular complexity index is 252. The molecule has 2 unspecified atom stereocenters. The molecule has 0 aromatic heterocycles. The molecule has 0 spiro atoms. The lowest BCUT2D eigenvalue weighted by Gasteiger charge is -2.18. The summed E-state index contributed by atoms with van der Waals surface area (Å²) in [5.74, 6) is 0. The van der Waals surface area contributed by atoms with E-state index in [0.29, 0.717) is 0 Å². The van der Waals surface area contributed by atoms with Gasteiger partial charge in [-0.25, -0.2) is 0 Å². The van der Waals surface area contributed by atoms with Gasteiger partial charge in [-0.05, 0) is 6.08 Å². The maximum Gasteiger partial charge on any atom is 0.336 e. The van der Waals surface area contributed by atoms with E-state index in [1.54, 1.807) is 0 Å². The van der Waals surface area contributed by atoms with Gasteiger partial charge in [0.15, 0.2) is 0 Å². The van der Waals surface area contributed by atoms with Crippen molar-refractivity contribution in [2.24, 2.45) is 5.73 Å². The molecule has 0 heterocycles. The minimum Gasteiger partial charge on any atom is -0.304 e. The second-order valence-corrected chi connectivity index (χ2v) is 4.53. The minimum absolute atomic E-state index is 0.113. The average Bonchev–Trinajstić information content (AvgIpc) is 2.15. The Morgan fingerprint density at radius 2 is 2.00 bits per heavy atom. The fraction of sp³-hybridized carbons (Fsp3) is 0.333. The van der Waals surface area contributed by atoms with Gasteiger partial charge >= 0.3 is 7.60 Å². The summed E-state index contributed by atoms with van der Waals surface area (Å²) in [6, 6.07) is 0. The topological polar surface area (TPSA) is 61.5 Å². The van der Waals surface area contributed by atoms with Crippen molar-refractivity contribution in [3.05, 3.63) is 38.0 Å². The Kier molecular flexibility index (Phi) is 6.41. The molecular formula is C9H16NO3P. The van der Waals surface area contributed by atoms with E-state index in [0.717, 1.165) is 0 Å². The standard InChI is InChI=1S/C9H16NO3P/c1-4-7-12-14(11,8-5-2)13-9(10)6-3/h4-6,9H,1-3,7-8,10H2. The van der Waals surface area contributed by atoms with Crippen molar-refractivity contribution >= 4 is 7.60 Å². The monoisotopic (exact) mass is 217 g/mol. The molecule has 0 aromatic carbocycles. The van der Waals surface area contributed by atoms with Gasteiger partial charge < -0.3 is 10.3 Å². The van der Waals surface area contributed by atoms with E-state index >= 15 is 0 Å². The van der Waals surface area contributed by atoms with Crippen LogP contribution in [0.5, 0.6) is 0 Å². The van der Waals surface area contributed by atoms with Crippen molar-refractivity contribution in [1.29, 1.82) is 0 Å². The number of hydrogen-bond acceptors (Lipinski definition) is 4. The molecule has 2 N–H and O–H groups in total. The molecule has 0 aromatic rings. The highest BCUT2D eigenvalue weighted by Crippen LogP contribution is 2.48. The zero-order valence-corrected chi connectivity index (χ0v) is 8.99. The van der Waals surface area contributed by atoms with Crippen LogP contribution in [0, 0.1) is 0 Å². The van der Waals surface area contributed by atoms with Crippen LogP contribution >= 0.6 is 7.60 Å². The van der Waals surface area contributed by atoms with Gasteiger partial charge in [0, 0.05) is 0 Å². The van der Waals surface area contributed by atoms with Crippen LogP contribution in [0.2, 0.25) is 0 Å². The summed E-state index contributed by atoms with van der Waals surface area (Å²) in [4.78, 5) is 0. The van der Waals surface area contributed by atoms with Gasteiger partial charge in [0.2, 0.25) is 0 Å². The van der Waals surface area contributed by atoms with Crippen molar-refractivity contribution in [3.63, 3.8) is 0 Å². The minimum atomic E-state index is -3.19. The molecule has 0 aliphatic rings. The molecule has 14 heavy (non-hydrogen) atoms. The fourth-order valence-electron chi connectivity index (χ4n) is 0.679. The van der Waals surface area contributed by atoms with Gasteiger partial charge in [-0.2, -0.15) is 0 Å². The largest absolute Gasteiger partial charge is 0.336 e. The Labute approximate surface area is 84.6 Å². The molecular weight excluding hydrogens is 201 g/mol. The van der Waals surface area contributed by atoms with E-state index in [2.05, 4.69) is 19.7 Å². The first-order valence-corrected chi connectivity index (χ1v) is 5.82. The summed E-state index contributed by atoms with van der Waals surface area (Å²) in [6.45, 7) is 10.5. The maximum atomic E-state index is 11.9. The van der Waals surface area contributed by atoms with Crippen LogP contribution in [0.15, 0.2) is 38.0 Å². The van der Waals surface area contributed by atoms with Gasteiger partial charge in [-0.3, -0.25) is 9.09 Å². The highest BCUT2D eigenvalue weighted by Gasteiger charge is 2.24. The molecule has 0 saturated carbocycles.